The monoisotopic (exact) mass is 582 g/mol. The van der Waals surface area contributed by atoms with Gasteiger partial charge in [-0.1, -0.05) is 88.4 Å². The summed E-state index contributed by atoms with van der Waals surface area (Å²) >= 11 is 2.39. The van der Waals surface area contributed by atoms with Crippen LogP contribution >= 0.6 is 22.6 Å². The number of hydrogen-bond acceptors (Lipinski definition) is 1. The molecule has 0 N–H and O–H groups in total. The summed E-state index contributed by atoms with van der Waals surface area (Å²) in [5.41, 5.74) is 3.66. The maximum Gasteiger partial charge on any atom is 0.192 e. The van der Waals surface area contributed by atoms with Crippen molar-refractivity contribution in [2.24, 2.45) is 35.0 Å². The van der Waals surface area contributed by atoms with Gasteiger partial charge in [0.05, 0.1) is 6.10 Å². The van der Waals surface area contributed by atoms with Gasteiger partial charge in [-0.25, -0.2) is 0 Å². The molecule has 33 heavy (non-hydrogen) atoms. The van der Waals surface area contributed by atoms with Gasteiger partial charge in [0.2, 0.25) is 0 Å². The molecule has 0 aromatic rings. The third kappa shape index (κ3) is 5.93. The summed E-state index contributed by atoms with van der Waals surface area (Å²) in [5, 5.41) is 0.251. The van der Waals surface area contributed by atoms with Crippen LogP contribution < -0.4 is 0 Å². The molecular weight excluding hydrogens is 531 g/mol. The van der Waals surface area contributed by atoms with Gasteiger partial charge in [0.1, 0.15) is 0 Å². The number of rotatable bonds is 6. The normalized spacial score (nSPS) is 38.2. The Kier molecular flexibility index (Phi) is 8.92. The van der Waals surface area contributed by atoms with Crippen molar-refractivity contribution in [3.8, 4) is 0 Å². The van der Waals surface area contributed by atoms with Gasteiger partial charge in [-0.15, -0.1) is 0 Å². The van der Waals surface area contributed by atoms with Crippen LogP contribution in [0.1, 0.15) is 92.9 Å². The van der Waals surface area contributed by atoms with Gasteiger partial charge in [-0.2, -0.15) is 0 Å². The molecule has 0 amide bonds. The lowest BCUT2D eigenvalue weighted by Crippen LogP contribution is -2.46. The first-order valence-corrected chi connectivity index (χ1v) is 17.8. The smallest absolute Gasteiger partial charge is 0.192 e. The largest absolute Gasteiger partial charge is 0.410 e. The molecule has 1 unspecified atom stereocenters. The molecule has 0 spiro atoms. The van der Waals surface area contributed by atoms with Gasteiger partial charge in [-0.3, -0.25) is 0 Å². The Labute approximate surface area is 220 Å². The van der Waals surface area contributed by atoms with Crippen LogP contribution in [0.15, 0.2) is 34.0 Å². The van der Waals surface area contributed by atoms with Gasteiger partial charge in [0, 0.05) is 0 Å². The van der Waals surface area contributed by atoms with Crippen LogP contribution in [0.3, 0.4) is 0 Å². The molecule has 0 saturated heterocycles. The Balaban J connectivity index is 1.72. The van der Waals surface area contributed by atoms with Gasteiger partial charge in [0.25, 0.3) is 0 Å². The molecule has 0 bridgehead atoms. The molecule has 0 heterocycles. The van der Waals surface area contributed by atoms with Crippen molar-refractivity contribution in [3.63, 3.8) is 0 Å². The molecule has 1 nitrogen and oxygen atoms in total. The number of hydrogen-bond donors (Lipinski definition) is 0. The molecule has 0 aromatic heterocycles. The van der Waals surface area contributed by atoms with Crippen LogP contribution in [0, 0.1) is 35.0 Å². The van der Waals surface area contributed by atoms with Crippen LogP contribution in [0.25, 0.3) is 0 Å². The van der Waals surface area contributed by atoms with E-state index in [9.17, 15) is 0 Å². The predicted octanol–water partition coefficient (Wildman–Crippen LogP) is 10.1. The van der Waals surface area contributed by atoms with E-state index in [4.69, 9.17) is 4.43 Å². The van der Waals surface area contributed by atoms with Gasteiger partial charge >= 0.3 is 0 Å². The Morgan fingerprint density at radius 1 is 1.24 bits per heavy atom. The lowest BCUT2D eigenvalue weighted by Gasteiger charge is -2.45. The second-order valence-corrected chi connectivity index (χ2v) is 19.0. The van der Waals surface area contributed by atoms with Crippen molar-refractivity contribution in [2.45, 2.75) is 117 Å². The molecule has 0 aliphatic heterocycles. The van der Waals surface area contributed by atoms with Crippen LogP contribution in [-0.4, -0.2) is 14.4 Å². The molecule has 3 heteroatoms. The predicted molar refractivity (Wildman–Crippen MR) is 156 cm³/mol. The second-order valence-electron chi connectivity index (χ2n) is 13.5. The zero-order chi connectivity index (χ0) is 24.6. The molecule has 0 radical (unpaired) electrons. The summed E-state index contributed by atoms with van der Waals surface area (Å²) < 4.78 is 9.14. The van der Waals surface area contributed by atoms with E-state index in [0.717, 1.165) is 24.2 Å². The van der Waals surface area contributed by atoms with Crippen LogP contribution in [0.2, 0.25) is 18.1 Å². The van der Waals surface area contributed by atoms with Gasteiger partial charge in [-0.05, 0) is 114 Å². The third-order valence-electron chi connectivity index (χ3n) is 10.2. The highest BCUT2D eigenvalue weighted by Crippen LogP contribution is 2.59. The lowest BCUT2D eigenvalue weighted by atomic mass is 9.61. The zero-order valence-corrected chi connectivity index (χ0v) is 26.0. The van der Waals surface area contributed by atoms with Crippen molar-refractivity contribution >= 4 is 30.9 Å². The van der Waals surface area contributed by atoms with E-state index in [2.05, 4.69) is 100 Å². The average molecular weight is 583 g/mol. The summed E-state index contributed by atoms with van der Waals surface area (Å²) in [6.45, 7) is 24.0. The minimum atomic E-state index is -1.78. The van der Waals surface area contributed by atoms with Crippen molar-refractivity contribution in [2.75, 3.05) is 0 Å². The number of fused-ring (bicyclic) bond motifs is 1. The Morgan fingerprint density at radius 3 is 2.58 bits per heavy atom. The highest BCUT2D eigenvalue weighted by Gasteiger charge is 2.50. The summed E-state index contributed by atoms with van der Waals surface area (Å²) in [7, 11) is -1.78. The first-order chi connectivity index (χ1) is 15.3. The van der Waals surface area contributed by atoms with E-state index in [1.165, 1.54) is 50.5 Å². The molecule has 188 valence electrons. The minimum absolute atomic E-state index is 0.251. The fraction of sp³-hybridized carbons (Fsp3) is 0.800. The van der Waals surface area contributed by atoms with Gasteiger partial charge in [0.15, 0.2) is 8.32 Å². The van der Waals surface area contributed by atoms with Crippen molar-refractivity contribution < 1.29 is 4.43 Å². The van der Waals surface area contributed by atoms with E-state index in [1.807, 2.05) is 0 Å². The fourth-order valence-electron chi connectivity index (χ4n) is 7.15. The maximum absolute atomic E-state index is 6.91. The topological polar surface area (TPSA) is 9.23 Å². The molecule has 7 atom stereocenters. The van der Waals surface area contributed by atoms with E-state index in [-0.39, 0.29) is 11.1 Å². The fourth-order valence-corrected chi connectivity index (χ4v) is 9.11. The van der Waals surface area contributed by atoms with Crippen molar-refractivity contribution in [1.82, 2.24) is 0 Å². The van der Waals surface area contributed by atoms with E-state index < -0.39 is 8.32 Å². The number of halogens is 1. The standard InChI is InChI=1S/C30H51IOSi/c1-21-19-25(23(3)28(20-21)32-33(8,9)29(4,5)6)13-12-24-11-10-17-30(7)26(14-15-27(24)30)22(2)16-18-31/h12,16,18,21-22,25-28H,3,10-11,13-15,17,19-20H2,1-2,4-9H3/b18-16+,24-12+/t21-,22-,25?,26-,27+,28+,30-/m1/s1. The SMILES string of the molecule is C=C1C(C/C=C2\CCC[C@]3(C)[C@@H]([C@H](C)/C=C/I)CC[C@@H]23)C[C@@H](C)C[C@@H]1O[Si](C)(C)C(C)(C)C. The quantitative estimate of drug-likeness (QED) is 0.172. The second kappa shape index (κ2) is 10.6. The molecule has 3 fully saturated rings. The average Bonchev–Trinajstić information content (AvgIpc) is 3.06. The summed E-state index contributed by atoms with van der Waals surface area (Å²) in [6, 6.07) is 0. The highest BCUT2D eigenvalue weighted by molar-refractivity contribution is 14.1. The molecule has 3 saturated carbocycles. The minimum Gasteiger partial charge on any atom is -0.410 e. The van der Waals surface area contributed by atoms with Crippen molar-refractivity contribution in [3.05, 3.63) is 34.0 Å². The lowest BCUT2D eigenvalue weighted by molar-refractivity contribution is 0.111. The zero-order valence-electron chi connectivity index (χ0n) is 22.8. The molecule has 3 rings (SSSR count). The highest BCUT2D eigenvalue weighted by atomic mass is 127. The van der Waals surface area contributed by atoms with Crippen molar-refractivity contribution in [1.29, 1.82) is 0 Å². The molecule has 3 aliphatic carbocycles. The molecular formula is C30H51IOSi. The summed E-state index contributed by atoms with van der Waals surface area (Å²) in [4.78, 5) is 0. The Morgan fingerprint density at radius 2 is 1.94 bits per heavy atom. The third-order valence-corrected chi connectivity index (χ3v) is 15.1. The summed E-state index contributed by atoms with van der Waals surface area (Å²) in [5.74, 6) is 3.65. The molecule has 0 aromatic carbocycles. The first kappa shape index (κ1) is 27.7. The summed E-state index contributed by atoms with van der Waals surface area (Å²) in [6.07, 6.45) is 15.9. The first-order valence-electron chi connectivity index (χ1n) is 13.6. The van der Waals surface area contributed by atoms with Crippen LogP contribution in [0.5, 0.6) is 0 Å². The Bertz CT molecular complexity index is 760. The van der Waals surface area contributed by atoms with E-state index in [1.54, 1.807) is 5.57 Å². The van der Waals surface area contributed by atoms with E-state index >= 15 is 0 Å². The Hall–Kier alpha value is 0.127. The molecule has 3 aliphatic rings. The number of allylic oxidation sites excluding steroid dienone is 3. The van der Waals surface area contributed by atoms with Crippen LogP contribution in [0.4, 0.5) is 0 Å². The van der Waals surface area contributed by atoms with E-state index in [0.29, 0.717) is 17.3 Å². The van der Waals surface area contributed by atoms with Crippen LogP contribution in [-0.2, 0) is 4.43 Å². The maximum atomic E-state index is 6.91. The van der Waals surface area contributed by atoms with Gasteiger partial charge < -0.3 is 4.43 Å².